The maximum absolute atomic E-state index is 14.6. The summed E-state index contributed by atoms with van der Waals surface area (Å²) in [6.45, 7) is 7.71. The van der Waals surface area contributed by atoms with Crippen LogP contribution in [0.5, 0.6) is 11.6 Å². The van der Waals surface area contributed by atoms with E-state index in [1.165, 1.54) is 6.07 Å². The van der Waals surface area contributed by atoms with Gasteiger partial charge in [0.15, 0.2) is 11.6 Å². The third-order valence-corrected chi connectivity index (χ3v) is 5.54. The summed E-state index contributed by atoms with van der Waals surface area (Å²) in [5.41, 5.74) is 2.26. The second-order valence-electron chi connectivity index (χ2n) is 8.77. The minimum atomic E-state index is -0.808. The number of hydrogen-bond donors (Lipinski definition) is 1. The zero-order chi connectivity index (χ0) is 26.1. The highest BCUT2D eigenvalue weighted by Crippen LogP contribution is 2.33. The molecule has 196 valence electrons. The molecule has 0 saturated heterocycles. The molecule has 0 fully saturated rings. The predicted octanol–water partition coefficient (Wildman–Crippen LogP) is 4.74. The Bertz CT molecular complexity index is 1090. The van der Waals surface area contributed by atoms with Crippen molar-refractivity contribution < 1.29 is 28.1 Å². The monoisotopic (exact) mass is 503 g/mol. The standard InChI is InChI=1S/C27H35F2N3O4/c1-5-25-23(17-31(13-14-34-4)16-22(33)18-35-19(2)3)27(32(30-25)21-9-7-6-8-10-21)36-26-12-11-20(28)15-24(26)29/h6-12,15,19,22,33H,5,13-14,16-18H2,1-4H3/t22-/m1/s1. The van der Waals surface area contributed by atoms with Crippen LogP contribution in [0.3, 0.4) is 0 Å². The van der Waals surface area contributed by atoms with Gasteiger partial charge >= 0.3 is 0 Å². The van der Waals surface area contributed by atoms with E-state index in [0.717, 1.165) is 29.1 Å². The number of rotatable bonds is 14. The van der Waals surface area contributed by atoms with Gasteiger partial charge in [0.1, 0.15) is 5.82 Å². The fourth-order valence-corrected chi connectivity index (χ4v) is 3.77. The number of hydrogen-bond acceptors (Lipinski definition) is 6. The summed E-state index contributed by atoms with van der Waals surface area (Å²) in [4.78, 5) is 2.03. The van der Waals surface area contributed by atoms with Crippen LogP contribution >= 0.6 is 0 Å². The van der Waals surface area contributed by atoms with Gasteiger partial charge in [-0.15, -0.1) is 0 Å². The normalized spacial score (nSPS) is 12.5. The second kappa shape index (κ2) is 13.5. The number of methoxy groups -OCH3 is 1. The number of benzene rings is 2. The molecule has 36 heavy (non-hydrogen) atoms. The first kappa shape index (κ1) is 27.7. The molecule has 7 nitrogen and oxygen atoms in total. The Hall–Kier alpha value is -2.85. The molecule has 0 radical (unpaired) electrons. The van der Waals surface area contributed by atoms with Gasteiger partial charge in [-0.3, -0.25) is 4.90 Å². The topological polar surface area (TPSA) is 69.0 Å². The van der Waals surface area contributed by atoms with Crippen molar-refractivity contribution in [2.24, 2.45) is 0 Å². The van der Waals surface area contributed by atoms with Gasteiger partial charge in [0.05, 0.1) is 42.4 Å². The summed E-state index contributed by atoms with van der Waals surface area (Å²) >= 11 is 0. The molecule has 0 aliphatic rings. The molecule has 3 rings (SSSR count). The summed E-state index contributed by atoms with van der Waals surface area (Å²) in [5.74, 6) is -1.27. The van der Waals surface area contributed by atoms with Crippen molar-refractivity contribution in [3.05, 3.63) is 71.4 Å². The lowest BCUT2D eigenvalue weighted by Crippen LogP contribution is -2.37. The van der Waals surface area contributed by atoms with E-state index in [2.05, 4.69) is 0 Å². The zero-order valence-corrected chi connectivity index (χ0v) is 21.3. The Labute approximate surface area is 211 Å². The van der Waals surface area contributed by atoms with Crippen molar-refractivity contribution in [2.45, 2.75) is 45.9 Å². The molecule has 1 N–H and O–H groups in total. The summed E-state index contributed by atoms with van der Waals surface area (Å²) < 4.78 is 46.6. The third-order valence-electron chi connectivity index (χ3n) is 5.54. The molecular formula is C27H35F2N3O4. The van der Waals surface area contributed by atoms with Crippen LogP contribution in [0, 0.1) is 11.6 Å². The number of aliphatic hydroxyl groups is 1. The van der Waals surface area contributed by atoms with Crippen molar-refractivity contribution in [3.8, 4) is 17.3 Å². The molecule has 0 saturated carbocycles. The van der Waals surface area contributed by atoms with Crippen LogP contribution in [0.15, 0.2) is 48.5 Å². The minimum absolute atomic E-state index is 0.00785. The summed E-state index contributed by atoms with van der Waals surface area (Å²) in [5, 5.41) is 15.3. The molecule has 0 bridgehead atoms. The fourth-order valence-electron chi connectivity index (χ4n) is 3.77. The van der Waals surface area contributed by atoms with Crippen LogP contribution in [-0.4, -0.2) is 65.4 Å². The van der Waals surface area contributed by atoms with E-state index < -0.39 is 17.7 Å². The Morgan fingerprint density at radius 2 is 1.86 bits per heavy atom. The number of nitrogens with zero attached hydrogens (tertiary/aromatic N) is 3. The number of aliphatic hydroxyl groups excluding tert-OH is 1. The maximum Gasteiger partial charge on any atom is 0.227 e. The Balaban J connectivity index is 2.00. The van der Waals surface area contributed by atoms with Crippen LogP contribution in [0.4, 0.5) is 8.78 Å². The molecule has 2 aromatic carbocycles. The quantitative estimate of drug-likeness (QED) is 0.343. The SMILES string of the molecule is CCc1nn(-c2ccccc2)c(Oc2ccc(F)cc2F)c1CN(CCOC)C[C@@H](O)COC(C)C. The van der Waals surface area contributed by atoms with E-state index >= 15 is 0 Å². The first-order chi connectivity index (χ1) is 17.3. The third kappa shape index (κ3) is 7.57. The zero-order valence-electron chi connectivity index (χ0n) is 21.3. The van der Waals surface area contributed by atoms with Crippen molar-refractivity contribution in [2.75, 3.05) is 33.4 Å². The molecule has 1 aromatic heterocycles. The summed E-state index contributed by atoms with van der Waals surface area (Å²) in [6, 6.07) is 12.6. The number of aryl methyl sites for hydroxylation is 1. The Morgan fingerprint density at radius 1 is 1.11 bits per heavy atom. The highest BCUT2D eigenvalue weighted by atomic mass is 19.1. The summed E-state index contributed by atoms with van der Waals surface area (Å²) in [6.07, 6.45) is -0.0972. The molecule has 1 atom stereocenters. The van der Waals surface area contributed by atoms with Crippen molar-refractivity contribution >= 4 is 0 Å². The average Bonchev–Trinajstić information content (AvgIpc) is 3.20. The molecule has 0 spiro atoms. The molecular weight excluding hydrogens is 468 g/mol. The molecule has 0 aliphatic carbocycles. The predicted molar refractivity (Wildman–Crippen MR) is 134 cm³/mol. The highest BCUT2D eigenvalue weighted by molar-refractivity contribution is 5.44. The van der Waals surface area contributed by atoms with Crippen LogP contribution in [0.25, 0.3) is 5.69 Å². The molecule has 0 amide bonds. The van der Waals surface area contributed by atoms with E-state index in [0.29, 0.717) is 38.5 Å². The van der Waals surface area contributed by atoms with E-state index in [1.54, 1.807) is 11.8 Å². The number of halogens is 2. The van der Waals surface area contributed by atoms with Crippen molar-refractivity contribution in [1.82, 2.24) is 14.7 Å². The van der Waals surface area contributed by atoms with Crippen LogP contribution < -0.4 is 4.74 Å². The highest BCUT2D eigenvalue weighted by Gasteiger charge is 2.24. The van der Waals surface area contributed by atoms with Gasteiger partial charge in [-0.1, -0.05) is 25.1 Å². The lowest BCUT2D eigenvalue weighted by molar-refractivity contribution is -0.0122. The Morgan fingerprint density at radius 3 is 2.50 bits per heavy atom. The van der Waals surface area contributed by atoms with Gasteiger partial charge < -0.3 is 19.3 Å². The Kier molecular flexibility index (Phi) is 10.4. The van der Waals surface area contributed by atoms with E-state index in [9.17, 15) is 13.9 Å². The fraction of sp³-hybridized carbons (Fsp3) is 0.444. The maximum atomic E-state index is 14.6. The number of para-hydroxylation sites is 1. The van der Waals surface area contributed by atoms with Gasteiger partial charge in [-0.25, -0.2) is 13.5 Å². The molecule has 0 unspecified atom stereocenters. The molecule has 1 heterocycles. The van der Waals surface area contributed by atoms with Gasteiger partial charge in [0.25, 0.3) is 0 Å². The van der Waals surface area contributed by atoms with Gasteiger partial charge in [-0.05, 0) is 44.5 Å². The van der Waals surface area contributed by atoms with E-state index in [-0.39, 0.29) is 18.5 Å². The van der Waals surface area contributed by atoms with Crippen LogP contribution in [-0.2, 0) is 22.4 Å². The van der Waals surface area contributed by atoms with E-state index in [1.807, 2.05) is 56.0 Å². The van der Waals surface area contributed by atoms with Crippen LogP contribution in [0.1, 0.15) is 32.0 Å². The summed E-state index contributed by atoms with van der Waals surface area (Å²) in [7, 11) is 1.62. The van der Waals surface area contributed by atoms with Gasteiger partial charge in [0.2, 0.25) is 5.88 Å². The number of aromatic nitrogens is 2. The number of ether oxygens (including phenoxy) is 3. The largest absolute Gasteiger partial charge is 0.435 e. The first-order valence-electron chi connectivity index (χ1n) is 12.1. The van der Waals surface area contributed by atoms with Gasteiger partial charge in [0, 0.05) is 32.8 Å². The first-order valence-corrected chi connectivity index (χ1v) is 12.1. The lowest BCUT2D eigenvalue weighted by atomic mass is 10.1. The van der Waals surface area contributed by atoms with E-state index in [4.69, 9.17) is 19.3 Å². The molecule has 9 heteroatoms. The average molecular weight is 504 g/mol. The van der Waals surface area contributed by atoms with Gasteiger partial charge in [-0.2, -0.15) is 5.10 Å². The second-order valence-corrected chi connectivity index (χ2v) is 8.77. The van der Waals surface area contributed by atoms with Crippen LogP contribution in [0.2, 0.25) is 0 Å². The minimum Gasteiger partial charge on any atom is -0.435 e. The lowest BCUT2D eigenvalue weighted by Gasteiger charge is -2.25. The molecule has 0 aliphatic heterocycles. The van der Waals surface area contributed by atoms with Crippen molar-refractivity contribution in [3.63, 3.8) is 0 Å². The van der Waals surface area contributed by atoms with Crippen molar-refractivity contribution in [1.29, 1.82) is 0 Å². The molecule has 3 aromatic rings. The smallest absolute Gasteiger partial charge is 0.227 e.